The fraction of sp³-hybridized carbons (Fsp3) is 0.304. The van der Waals surface area contributed by atoms with E-state index in [1.165, 1.54) is 4.88 Å². The summed E-state index contributed by atoms with van der Waals surface area (Å²) in [5.41, 5.74) is 2.95. The number of methoxy groups -OCH3 is 1. The summed E-state index contributed by atoms with van der Waals surface area (Å²) in [4.78, 5) is 28.9. The minimum absolute atomic E-state index is 0.0479. The highest BCUT2D eigenvalue weighted by molar-refractivity contribution is 7.13. The molecule has 5 nitrogen and oxygen atoms in total. The summed E-state index contributed by atoms with van der Waals surface area (Å²) in [5, 5.41) is 2.06. The van der Waals surface area contributed by atoms with Crippen LogP contribution >= 0.6 is 11.3 Å². The van der Waals surface area contributed by atoms with Gasteiger partial charge in [0.2, 0.25) is 0 Å². The first-order valence-corrected chi connectivity index (χ1v) is 10.7. The third-order valence-corrected chi connectivity index (χ3v) is 6.90. The molecule has 1 aromatic carbocycles. The summed E-state index contributed by atoms with van der Waals surface area (Å²) in [6, 6.07) is 15.0. The van der Waals surface area contributed by atoms with Crippen LogP contribution in [0.3, 0.4) is 0 Å². The molecular weight excluding hydrogens is 384 g/mol. The van der Waals surface area contributed by atoms with Gasteiger partial charge in [0.05, 0.1) is 7.11 Å². The van der Waals surface area contributed by atoms with E-state index in [2.05, 4.69) is 11.4 Å². The average molecular weight is 407 g/mol. The number of carbonyl (C=O) groups is 1. The van der Waals surface area contributed by atoms with E-state index < -0.39 is 0 Å². The number of piperidine rings is 1. The summed E-state index contributed by atoms with van der Waals surface area (Å²) in [7, 11) is 1.62. The van der Waals surface area contributed by atoms with Crippen LogP contribution in [0, 0.1) is 5.92 Å². The Morgan fingerprint density at radius 2 is 1.90 bits per heavy atom. The molecule has 2 bridgehead atoms. The normalized spacial score (nSPS) is 20.2. The number of hydrogen-bond acceptors (Lipinski definition) is 4. The van der Waals surface area contributed by atoms with Gasteiger partial charge in [0.15, 0.2) is 0 Å². The second-order valence-electron chi connectivity index (χ2n) is 7.80. The highest BCUT2D eigenvalue weighted by atomic mass is 32.1. The molecule has 6 heteroatoms. The van der Waals surface area contributed by atoms with Crippen molar-refractivity contribution in [2.75, 3.05) is 20.2 Å². The topological polar surface area (TPSA) is 51.5 Å². The van der Waals surface area contributed by atoms with E-state index in [4.69, 9.17) is 4.74 Å². The first kappa shape index (κ1) is 18.2. The molecule has 1 amide bonds. The van der Waals surface area contributed by atoms with Gasteiger partial charge < -0.3 is 14.2 Å². The van der Waals surface area contributed by atoms with E-state index >= 15 is 0 Å². The van der Waals surface area contributed by atoms with Gasteiger partial charge in [-0.15, -0.1) is 11.3 Å². The molecule has 148 valence electrons. The van der Waals surface area contributed by atoms with Crippen LogP contribution in [-0.2, 0) is 6.54 Å². The van der Waals surface area contributed by atoms with Crippen LogP contribution in [0.15, 0.2) is 58.7 Å². The van der Waals surface area contributed by atoms with Crippen molar-refractivity contribution in [3.63, 3.8) is 0 Å². The fourth-order valence-corrected chi connectivity index (χ4v) is 5.50. The molecule has 0 N–H and O–H groups in total. The van der Waals surface area contributed by atoms with Gasteiger partial charge in [0.25, 0.3) is 11.5 Å². The zero-order valence-electron chi connectivity index (χ0n) is 16.2. The van der Waals surface area contributed by atoms with Gasteiger partial charge >= 0.3 is 0 Å². The number of aromatic nitrogens is 1. The van der Waals surface area contributed by atoms with Crippen LogP contribution in [0.4, 0.5) is 0 Å². The molecule has 4 heterocycles. The van der Waals surface area contributed by atoms with Crippen LogP contribution in [-0.4, -0.2) is 35.6 Å². The lowest BCUT2D eigenvalue weighted by Crippen LogP contribution is -2.49. The van der Waals surface area contributed by atoms with Gasteiger partial charge in [-0.2, -0.15) is 0 Å². The van der Waals surface area contributed by atoms with Gasteiger partial charge in [0, 0.05) is 53.3 Å². The van der Waals surface area contributed by atoms with Crippen molar-refractivity contribution in [3.05, 3.63) is 75.5 Å². The first-order valence-electron chi connectivity index (χ1n) is 9.85. The van der Waals surface area contributed by atoms with E-state index in [9.17, 15) is 9.59 Å². The Labute approximate surface area is 173 Å². The second kappa shape index (κ2) is 7.19. The number of hydrogen-bond donors (Lipinski definition) is 0. The van der Waals surface area contributed by atoms with Crippen molar-refractivity contribution in [1.29, 1.82) is 0 Å². The van der Waals surface area contributed by atoms with Gasteiger partial charge in [-0.3, -0.25) is 9.59 Å². The quantitative estimate of drug-likeness (QED) is 0.664. The van der Waals surface area contributed by atoms with Crippen molar-refractivity contribution >= 4 is 17.2 Å². The maximum absolute atomic E-state index is 13.1. The number of nitrogens with zero attached hydrogens (tertiary/aromatic N) is 2. The number of rotatable bonds is 3. The molecule has 5 rings (SSSR count). The molecule has 3 aromatic rings. The maximum Gasteiger partial charge on any atom is 0.253 e. The van der Waals surface area contributed by atoms with E-state index in [1.54, 1.807) is 24.5 Å². The molecule has 0 saturated carbocycles. The maximum atomic E-state index is 13.1. The Morgan fingerprint density at radius 3 is 2.62 bits per heavy atom. The Bertz CT molecular complexity index is 1100. The molecule has 29 heavy (non-hydrogen) atoms. The number of thiophene rings is 1. The Kier molecular flexibility index (Phi) is 4.51. The predicted molar refractivity (Wildman–Crippen MR) is 114 cm³/mol. The lowest BCUT2D eigenvalue weighted by molar-refractivity contribution is 0.0595. The molecular formula is C23H22N2O3S. The van der Waals surface area contributed by atoms with Gasteiger partial charge in [-0.05, 0) is 54.1 Å². The van der Waals surface area contributed by atoms with Gasteiger partial charge in [-0.1, -0.05) is 6.07 Å². The molecule has 2 aromatic heterocycles. The standard InChI is InChI=1S/C23H22N2O3S/c1-28-18-6-4-16(5-7-18)23(27)24-12-15-11-17(14-24)22-19(20-3-2-10-29-20)8-9-21(26)25(22)13-15/h2-10,15,17H,11-14H2,1H3/t15-,17-/m1/s1. The summed E-state index contributed by atoms with van der Waals surface area (Å²) < 4.78 is 7.15. The Balaban J connectivity index is 1.49. The van der Waals surface area contributed by atoms with Crippen LogP contribution in [0.25, 0.3) is 10.4 Å². The van der Waals surface area contributed by atoms with Crippen LogP contribution < -0.4 is 10.3 Å². The third kappa shape index (κ3) is 3.17. The monoisotopic (exact) mass is 406 g/mol. The van der Waals surface area contributed by atoms with Crippen LogP contribution in [0.5, 0.6) is 5.75 Å². The van der Waals surface area contributed by atoms with Gasteiger partial charge in [-0.25, -0.2) is 0 Å². The van der Waals surface area contributed by atoms with Crippen molar-refractivity contribution < 1.29 is 9.53 Å². The zero-order chi connectivity index (χ0) is 20.0. The second-order valence-corrected chi connectivity index (χ2v) is 8.74. The lowest BCUT2D eigenvalue weighted by Gasteiger charge is -2.43. The third-order valence-electron chi connectivity index (χ3n) is 6.00. The molecule has 1 saturated heterocycles. The Morgan fingerprint density at radius 1 is 1.07 bits per heavy atom. The number of carbonyl (C=O) groups excluding carboxylic acids is 1. The van der Waals surface area contributed by atoms with Crippen molar-refractivity contribution in [2.24, 2.45) is 5.92 Å². The molecule has 1 fully saturated rings. The Hall–Kier alpha value is -2.86. The average Bonchev–Trinajstić information content (AvgIpc) is 3.28. The number of benzene rings is 1. The van der Waals surface area contributed by atoms with E-state index in [0.717, 1.165) is 23.4 Å². The summed E-state index contributed by atoms with van der Waals surface area (Å²) in [5.74, 6) is 1.27. The molecule has 2 aliphatic heterocycles. The number of pyridine rings is 1. The molecule has 0 spiro atoms. The molecule has 2 atom stereocenters. The van der Waals surface area contributed by atoms with E-state index in [1.807, 2.05) is 45.9 Å². The first-order chi connectivity index (χ1) is 14.1. The number of fused-ring (bicyclic) bond motifs is 4. The summed E-state index contributed by atoms with van der Waals surface area (Å²) in [6.45, 7) is 2.01. The smallest absolute Gasteiger partial charge is 0.253 e. The van der Waals surface area contributed by atoms with Crippen molar-refractivity contribution in [3.8, 4) is 16.2 Å². The minimum Gasteiger partial charge on any atom is -0.497 e. The predicted octanol–water partition coefficient (Wildman–Crippen LogP) is 3.84. The molecule has 2 aliphatic rings. The molecule has 0 aliphatic carbocycles. The largest absolute Gasteiger partial charge is 0.497 e. The number of amides is 1. The highest BCUT2D eigenvalue weighted by Gasteiger charge is 2.38. The SMILES string of the molecule is COc1ccc(C(=O)N2C[C@H]3C[C@H](C2)c2c(-c4cccs4)ccc(=O)n2C3)cc1. The summed E-state index contributed by atoms with van der Waals surface area (Å²) in [6.07, 6.45) is 1.02. The highest BCUT2D eigenvalue weighted by Crippen LogP contribution is 2.41. The zero-order valence-corrected chi connectivity index (χ0v) is 17.0. The van der Waals surface area contributed by atoms with Gasteiger partial charge in [0.1, 0.15) is 5.75 Å². The van der Waals surface area contributed by atoms with Crippen LogP contribution in [0.1, 0.15) is 28.4 Å². The molecule has 0 radical (unpaired) electrons. The minimum atomic E-state index is 0.0479. The van der Waals surface area contributed by atoms with Crippen molar-refractivity contribution in [2.45, 2.75) is 18.9 Å². The van der Waals surface area contributed by atoms with Crippen LogP contribution in [0.2, 0.25) is 0 Å². The lowest BCUT2D eigenvalue weighted by atomic mass is 9.81. The fourth-order valence-electron chi connectivity index (χ4n) is 4.74. The molecule has 0 unspecified atom stereocenters. The van der Waals surface area contributed by atoms with E-state index in [-0.39, 0.29) is 17.4 Å². The number of ether oxygens (including phenoxy) is 1. The number of likely N-dealkylation sites (tertiary alicyclic amines) is 1. The summed E-state index contributed by atoms with van der Waals surface area (Å²) >= 11 is 1.69. The van der Waals surface area contributed by atoms with E-state index in [0.29, 0.717) is 31.1 Å². The van der Waals surface area contributed by atoms with Crippen molar-refractivity contribution in [1.82, 2.24) is 9.47 Å².